The zero-order valence-electron chi connectivity index (χ0n) is 13.6. The Bertz CT molecular complexity index is 730. The number of aryl methyl sites for hydroxylation is 1. The molecule has 0 aliphatic carbocycles. The third kappa shape index (κ3) is 5.28. The van der Waals surface area contributed by atoms with E-state index in [2.05, 4.69) is 10.6 Å². The van der Waals surface area contributed by atoms with Crippen molar-refractivity contribution in [3.05, 3.63) is 58.6 Å². The number of carbonyl (C=O) groups excluding carboxylic acids is 2. The van der Waals surface area contributed by atoms with Gasteiger partial charge < -0.3 is 15.4 Å². The number of ether oxygens (including phenoxy) is 1. The first-order valence-electron chi connectivity index (χ1n) is 7.50. The van der Waals surface area contributed by atoms with Crippen LogP contribution in [0.5, 0.6) is 5.75 Å². The van der Waals surface area contributed by atoms with Crippen LogP contribution in [0.2, 0.25) is 5.02 Å². The molecule has 0 atom stereocenters. The molecule has 0 radical (unpaired) electrons. The van der Waals surface area contributed by atoms with E-state index in [9.17, 15) is 9.59 Å². The number of amides is 2. The summed E-state index contributed by atoms with van der Waals surface area (Å²) in [6.45, 7) is 4.11. The standard InChI is InChI=1S/C18H19ClN2O3/c1-12-11-15(19)5-8-17(12)24-10-9-20-18(23)21-16-6-3-14(4-7-16)13(2)22/h3-8,11H,9-10H2,1-2H3,(H2,20,21,23). The zero-order chi connectivity index (χ0) is 17.5. The molecule has 2 amide bonds. The predicted molar refractivity (Wildman–Crippen MR) is 95.2 cm³/mol. The van der Waals surface area contributed by atoms with Crippen LogP contribution in [-0.2, 0) is 0 Å². The molecular formula is C18H19ClN2O3. The molecule has 0 unspecified atom stereocenters. The number of hydrogen-bond donors (Lipinski definition) is 2. The number of hydrogen-bond acceptors (Lipinski definition) is 3. The fourth-order valence-corrected chi connectivity index (χ4v) is 2.29. The van der Waals surface area contributed by atoms with Crippen molar-refractivity contribution in [2.24, 2.45) is 0 Å². The molecule has 5 nitrogen and oxygen atoms in total. The molecule has 6 heteroatoms. The van der Waals surface area contributed by atoms with Gasteiger partial charge in [0, 0.05) is 16.3 Å². The Morgan fingerprint density at radius 3 is 2.46 bits per heavy atom. The second-order valence-electron chi connectivity index (χ2n) is 5.27. The number of anilines is 1. The molecule has 0 saturated carbocycles. The van der Waals surface area contributed by atoms with E-state index < -0.39 is 0 Å². The fourth-order valence-electron chi connectivity index (χ4n) is 2.06. The lowest BCUT2D eigenvalue weighted by Gasteiger charge is -2.11. The summed E-state index contributed by atoms with van der Waals surface area (Å²) in [5.74, 6) is 0.724. The average molecular weight is 347 g/mol. The van der Waals surface area contributed by atoms with E-state index in [1.165, 1.54) is 6.92 Å². The van der Waals surface area contributed by atoms with Crippen molar-refractivity contribution in [3.8, 4) is 5.75 Å². The smallest absolute Gasteiger partial charge is 0.319 e. The van der Waals surface area contributed by atoms with Crippen LogP contribution in [0.3, 0.4) is 0 Å². The van der Waals surface area contributed by atoms with Crippen molar-refractivity contribution in [2.75, 3.05) is 18.5 Å². The SMILES string of the molecule is CC(=O)c1ccc(NC(=O)NCCOc2ccc(Cl)cc2C)cc1. The summed E-state index contributed by atoms with van der Waals surface area (Å²) in [5.41, 5.74) is 2.16. The Labute approximate surface area is 146 Å². The van der Waals surface area contributed by atoms with Crippen molar-refractivity contribution in [1.82, 2.24) is 5.32 Å². The van der Waals surface area contributed by atoms with Crippen LogP contribution in [0.15, 0.2) is 42.5 Å². The van der Waals surface area contributed by atoms with E-state index >= 15 is 0 Å². The quantitative estimate of drug-likeness (QED) is 0.612. The Hall–Kier alpha value is -2.53. The van der Waals surface area contributed by atoms with Crippen LogP contribution in [0, 0.1) is 6.92 Å². The molecule has 2 N–H and O–H groups in total. The Balaban J connectivity index is 1.74. The van der Waals surface area contributed by atoms with E-state index in [4.69, 9.17) is 16.3 Å². The van der Waals surface area contributed by atoms with Crippen molar-refractivity contribution >= 4 is 29.1 Å². The van der Waals surface area contributed by atoms with Crippen LogP contribution in [0.25, 0.3) is 0 Å². The van der Waals surface area contributed by atoms with E-state index in [0.29, 0.717) is 29.4 Å². The van der Waals surface area contributed by atoms with Crippen LogP contribution in [0.4, 0.5) is 10.5 Å². The second kappa shape index (κ2) is 8.36. The number of ketones is 1. The lowest BCUT2D eigenvalue weighted by molar-refractivity contribution is 0.101. The Morgan fingerprint density at radius 1 is 1.12 bits per heavy atom. The van der Waals surface area contributed by atoms with Crippen molar-refractivity contribution in [1.29, 1.82) is 0 Å². The maximum atomic E-state index is 11.8. The maximum Gasteiger partial charge on any atom is 0.319 e. The van der Waals surface area contributed by atoms with Gasteiger partial charge in [-0.2, -0.15) is 0 Å². The van der Waals surface area contributed by atoms with Crippen LogP contribution < -0.4 is 15.4 Å². The number of nitrogens with one attached hydrogen (secondary N) is 2. The van der Waals surface area contributed by atoms with Gasteiger partial charge in [0.2, 0.25) is 0 Å². The molecule has 0 bridgehead atoms. The highest BCUT2D eigenvalue weighted by Crippen LogP contribution is 2.21. The number of Topliss-reactive ketones (excluding diaryl/α,β-unsaturated/α-hetero) is 1. The van der Waals surface area contributed by atoms with Gasteiger partial charge in [-0.05, 0) is 61.9 Å². The van der Waals surface area contributed by atoms with E-state index in [1.54, 1.807) is 36.4 Å². The van der Waals surface area contributed by atoms with Gasteiger partial charge in [-0.1, -0.05) is 11.6 Å². The lowest BCUT2D eigenvalue weighted by atomic mass is 10.1. The minimum Gasteiger partial charge on any atom is -0.491 e. The molecule has 0 fully saturated rings. The zero-order valence-corrected chi connectivity index (χ0v) is 14.3. The fraction of sp³-hybridized carbons (Fsp3) is 0.222. The molecule has 0 aromatic heterocycles. The van der Waals surface area contributed by atoms with Crippen molar-refractivity contribution in [2.45, 2.75) is 13.8 Å². The normalized spacial score (nSPS) is 10.1. The molecular weight excluding hydrogens is 328 g/mol. The summed E-state index contributed by atoms with van der Waals surface area (Å²) in [4.78, 5) is 23.0. The van der Waals surface area contributed by atoms with Crippen LogP contribution >= 0.6 is 11.6 Å². The van der Waals surface area contributed by atoms with E-state index in [-0.39, 0.29) is 11.8 Å². The molecule has 0 aliphatic rings. The molecule has 0 heterocycles. The maximum absolute atomic E-state index is 11.8. The lowest BCUT2D eigenvalue weighted by Crippen LogP contribution is -2.32. The van der Waals surface area contributed by atoms with Gasteiger partial charge in [-0.15, -0.1) is 0 Å². The number of benzene rings is 2. The first kappa shape index (κ1) is 17.8. The highest BCUT2D eigenvalue weighted by atomic mass is 35.5. The Morgan fingerprint density at radius 2 is 1.83 bits per heavy atom. The topological polar surface area (TPSA) is 67.4 Å². The van der Waals surface area contributed by atoms with Gasteiger partial charge in [0.05, 0.1) is 6.54 Å². The van der Waals surface area contributed by atoms with Gasteiger partial charge in [-0.3, -0.25) is 4.79 Å². The second-order valence-corrected chi connectivity index (χ2v) is 5.71. The summed E-state index contributed by atoms with van der Waals surface area (Å²) >= 11 is 5.88. The third-order valence-electron chi connectivity index (χ3n) is 3.33. The summed E-state index contributed by atoms with van der Waals surface area (Å²) in [6, 6.07) is 11.8. The average Bonchev–Trinajstić information content (AvgIpc) is 2.53. The third-order valence-corrected chi connectivity index (χ3v) is 3.57. The largest absolute Gasteiger partial charge is 0.491 e. The number of carbonyl (C=O) groups is 2. The summed E-state index contributed by atoms with van der Waals surface area (Å²) in [7, 11) is 0. The number of urea groups is 1. The van der Waals surface area contributed by atoms with Crippen molar-refractivity contribution in [3.63, 3.8) is 0 Å². The van der Waals surface area contributed by atoms with Gasteiger partial charge in [0.1, 0.15) is 12.4 Å². The molecule has 2 aromatic carbocycles. The molecule has 2 rings (SSSR count). The summed E-state index contributed by atoms with van der Waals surface area (Å²) in [6.07, 6.45) is 0. The van der Waals surface area contributed by atoms with Crippen molar-refractivity contribution < 1.29 is 14.3 Å². The van der Waals surface area contributed by atoms with Gasteiger partial charge in [0.15, 0.2) is 5.78 Å². The van der Waals surface area contributed by atoms with Gasteiger partial charge in [0.25, 0.3) is 0 Å². The minimum absolute atomic E-state index is 0.0133. The highest BCUT2D eigenvalue weighted by Gasteiger charge is 2.04. The van der Waals surface area contributed by atoms with E-state index in [1.807, 2.05) is 13.0 Å². The molecule has 0 spiro atoms. The minimum atomic E-state index is -0.331. The molecule has 24 heavy (non-hydrogen) atoms. The molecule has 0 aliphatic heterocycles. The summed E-state index contributed by atoms with van der Waals surface area (Å²) < 4.78 is 5.60. The van der Waals surface area contributed by atoms with Gasteiger partial charge >= 0.3 is 6.03 Å². The predicted octanol–water partition coefficient (Wildman–Crippen LogP) is 4.05. The van der Waals surface area contributed by atoms with E-state index in [0.717, 1.165) is 11.3 Å². The van der Waals surface area contributed by atoms with Crippen LogP contribution in [-0.4, -0.2) is 25.0 Å². The Kier molecular flexibility index (Phi) is 6.21. The first-order chi connectivity index (χ1) is 11.5. The summed E-state index contributed by atoms with van der Waals surface area (Å²) in [5, 5.41) is 6.05. The van der Waals surface area contributed by atoms with Crippen LogP contribution in [0.1, 0.15) is 22.8 Å². The molecule has 126 valence electrons. The molecule has 0 saturated heterocycles. The number of halogens is 1. The number of rotatable bonds is 6. The monoisotopic (exact) mass is 346 g/mol. The van der Waals surface area contributed by atoms with Gasteiger partial charge in [-0.25, -0.2) is 4.79 Å². The first-order valence-corrected chi connectivity index (χ1v) is 7.88. The molecule has 2 aromatic rings. The highest BCUT2D eigenvalue weighted by molar-refractivity contribution is 6.30.